The van der Waals surface area contributed by atoms with Gasteiger partial charge in [0.15, 0.2) is 0 Å². The van der Waals surface area contributed by atoms with E-state index >= 15 is 0 Å². The van der Waals surface area contributed by atoms with Gasteiger partial charge in [-0.05, 0) is 47.7 Å². The van der Waals surface area contributed by atoms with E-state index in [1.807, 2.05) is 31.2 Å². The minimum atomic E-state index is -0.588. The lowest BCUT2D eigenvalue weighted by Crippen LogP contribution is -2.15. The number of tetrazole rings is 1. The molecule has 0 aliphatic heterocycles. The Hall–Kier alpha value is -2.45. The van der Waals surface area contributed by atoms with E-state index in [4.69, 9.17) is 11.6 Å². The molecule has 1 amide bonds. The van der Waals surface area contributed by atoms with Crippen molar-refractivity contribution >= 4 is 35.0 Å². The fraction of sp³-hybridized carbons (Fsp3) is 0.125. The Bertz CT molecular complexity index is 900. The zero-order valence-electron chi connectivity index (χ0n) is 13.1. The van der Waals surface area contributed by atoms with Gasteiger partial charge in [0.25, 0.3) is 0 Å². The number of benzene rings is 2. The molecule has 0 fully saturated rings. The largest absolute Gasteiger partial charge is 0.323 e. The molecule has 0 atom stereocenters. The van der Waals surface area contributed by atoms with Crippen molar-refractivity contribution < 1.29 is 9.18 Å². The highest BCUT2D eigenvalue weighted by Gasteiger charge is 2.13. The van der Waals surface area contributed by atoms with Crippen LogP contribution in [0.5, 0.6) is 0 Å². The van der Waals surface area contributed by atoms with Gasteiger partial charge in [-0.25, -0.2) is 4.39 Å². The Morgan fingerprint density at radius 3 is 2.76 bits per heavy atom. The van der Waals surface area contributed by atoms with E-state index in [1.54, 1.807) is 4.68 Å². The molecule has 0 aliphatic rings. The summed E-state index contributed by atoms with van der Waals surface area (Å²) in [6, 6.07) is 11.7. The van der Waals surface area contributed by atoms with Crippen LogP contribution in [0.3, 0.4) is 0 Å². The van der Waals surface area contributed by atoms with Gasteiger partial charge in [-0.1, -0.05) is 41.1 Å². The summed E-state index contributed by atoms with van der Waals surface area (Å²) in [6.45, 7) is 1.99. The minimum absolute atomic E-state index is 0.0360. The number of hydrogen-bond donors (Lipinski definition) is 1. The van der Waals surface area contributed by atoms with Crippen LogP contribution in [0.4, 0.5) is 10.1 Å². The summed E-state index contributed by atoms with van der Waals surface area (Å²) in [5, 5.41) is 14.7. The molecule has 128 valence electrons. The average molecular weight is 378 g/mol. The number of nitrogens with zero attached hydrogens (tertiary/aromatic N) is 4. The summed E-state index contributed by atoms with van der Waals surface area (Å²) in [5.41, 5.74) is 1.99. The molecular weight excluding hydrogens is 365 g/mol. The van der Waals surface area contributed by atoms with Crippen molar-refractivity contribution in [1.82, 2.24) is 20.2 Å². The fourth-order valence-corrected chi connectivity index (χ4v) is 2.87. The zero-order valence-corrected chi connectivity index (χ0v) is 14.7. The molecule has 9 heteroatoms. The number of carbonyl (C=O) groups excluding carboxylic acids is 1. The normalized spacial score (nSPS) is 10.7. The van der Waals surface area contributed by atoms with Gasteiger partial charge in [0.05, 0.1) is 17.1 Å². The van der Waals surface area contributed by atoms with Crippen molar-refractivity contribution in [2.24, 2.45) is 0 Å². The Labute approximate surface area is 152 Å². The topological polar surface area (TPSA) is 72.7 Å². The molecule has 0 aliphatic carbocycles. The third-order valence-electron chi connectivity index (χ3n) is 3.26. The monoisotopic (exact) mass is 377 g/mol. The third-order valence-corrected chi connectivity index (χ3v) is 4.41. The number of amides is 1. The van der Waals surface area contributed by atoms with Gasteiger partial charge in [0, 0.05) is 5.02 Å². The van der Waals surface area contributed by atoms with Crippen LogP contribution in [-0.2, 0) is 4.79 Å². The first kappa shape index (κ1) is 17.4. The summed E-state index contributed by atoms with van der Waals surface area (Å²) in [5.74, 6) is -0.922. The van der Waals surface area contributed by atoms with E-state index in [0.717, 1.165) is 29.1 Å². The maximum Gasteiger partial charge on any atom is 0.234 e. The first-order valence-electron chi connectivity index (χ1n) is 7.26. The summed E-state index contributed by atoms with van der Waals surface area (Å²) in [7, 11) is 0. The molecule has 0 saturated carbocycles. The summed E-state index contributed by atoms with van der Waals surface area (Å²) in [6.07, 6.45) is 0. The van der Waals surface area contributed by atoms with E-state index in [2.05, 4.69) is 20.8 Å². The highest BCUT2D eigenvalue weighted by molar-refractivity contribution is 7.99. The second kappa shape index (κ2) is 7.62. The number of aromatic nitrogens is 4. The number of hydrogen-bond acceptors (Lipinski definition) is 5. The van der Waals surface area contributed by atoms with Crippen LogP contribution in [0.15, 0.2) is 47.6 Å². The molecule has 0 unspecified atom stereocenters. The molecule has 2 aromatic carbocycles. The Morgan fingerprint density at radius 2 is 2.04 bits per heavy atom. The number of thioether (sulfide) groups is 1. The lowest BCUT2D eigenvalue weighted by Gasteiger charge is -2.07. The van der Waals surface area contributed by atoms with Crippen molar-refractivity contribution in [2.45, 2.75) is 12.1 Å². The van der Waals surface area contributed by atoms with Crippen LogP contribution >= 0.6 is 23.4 Å². The first-order chi connectivity index (χ1) is 12.0. The maximum atomic E-state index is 13.7. The van der Waals surface area contributed by atoms with E-state index in [1.165, 1.54) is 12.1 Å². The first-order valence-corrected chi connectivity index (χ1v) is 8.62. The van der Waals surface area contributed by atoms with Gasteiger partial charge < -0.3 is 5.32 Å². The van der Waals surface area contributed by atoms with Crippen LogP contribution in [0, 0.1) is 12.7 Å². The van der Waals surface area contributed by atoms with Gasteiger partial charge >= 0.3 is 0 Å². The number of halogens is 2. The standard InChI is InChI=1S/C16H13ClFN5OS/c1-10-2-5-12(6-3-10)23-16(20-21-22-23)25-9-15(24)19-14-7-4-11(17)8-13(14)18/h2-8H,9H2,1H3,(H,19,24). The minimum Gasteiger partial charge on any atom is -0.323 e. The lowest BCUT2D eigenvalue weighted by atomic mass is 10.2. The number of rotatable bonds is 5. The molecular formula is C16H13ClFN5OS. The second-order valence-corrected chi connectivity index (χ2v) is 6.55. The predicted octanol–water partition coefficient (Wildman–Crippen LogP) is 3.49. The average Bonchev–Trinajstić information content (AvgIpc) is 3.05. The van der Waals surface area contributed by atoms with E-state index in [0.29, 0.717) is 5.16 Å². The quantitative estimate of drug-likeness (QED) is 0.689. The molecule has 0 spiro atoms. The molecule has 0 bridgehead atoms. The van der Waals surface area contributed by atoms with Crippen LogP contribution in [-0.4, -0.2) is 31.9 Å². The predicted molar refractivity (Wildman–Crippen MR) is 94.7 cm³/mol. The fourth-order valence-electron chi connectivity index (χ4n) is 2.02. The number of nitrogens with one attached hydrogen (secondary N) is 1. The SMILES string of the molecule is Cc1ccc(-n2nnnc2SCC(=O)Nc2ccc(Cl)cc2F)cc1. The van der Waals surface area contributed by atoms with Crippen molar-refractivity contribution in [3.8, 4) is 5.69 Å². The maximum absolute atomic E-state index is 13.7. The summed E-state index contributed by atoms with van der Waals surface area (Å²) < 4.78 is 15.2. The molecule has 0 saturated heterocycles. The smallest absolute Gasteiger partial charge is 0.234 e. The number of anilines is 1. The van der Waals surface area contributed by atoms with Crippen LogP contribution < -0.4 is 5.32 Å². The van der Waals surface area contributed by atoms with Crippen molar-refractivity contribution in [3.05, 3.63) is 58.9 Å². The molecule has 25 heavy (non-hydrogen) atoms. The lowest BCUT2D eigenvalue weighted by molar-refractivity contribution is -0.113. The summed E-state index contributed by atoms with van der Waals surface area (Å²) in [4.78, 5) is 12.0. The molecule has 3 aromatic rings. The second-order valence-electron chi connectivity index (χ2n) is 5.17. The van der Waals surface area contributed by atoms with Gasteiger partial charge in [0.2, 0.25) is 11.1 Å². The van der Waals surface area contributed by atoms with E-state index in [-0.39, 0.29) is 22.4 Å². The highest BCUT2D eigenvalue weighted by Crippen LogP contribution is 2.21. The molecule has 0 radical (unpaired) electrons. The van der Waals surface area contributed by atoms with E-state index in [9.17, 15) is 9.18 Å². The number of aryl methyl sites for hydroxylation is 1. The number of carbonyl (C=O) groups is 1. The molecule has 1 heterocycles. The van der Waals surface area contributed by atoms with Crippen LogP contribution in [0.2, 0.25) is 5.02 Å². The van der Waals surface area contributed by atoms with Gasteiger partial charge in [-0.2, -0.15) is 4.68 Å². The third kappa shape index (κ3) is 4.34. The van der Waals surface area contributed by atoms with Gasteiger partial charge in [0.1, 0.15) is 5.82 Å². The summed E-state index contributed by atoms with van der Waals surface area (Å²) >= 11 is 6.84. The molecule has 1 N–H and O–H groups in total. The Kier molecular flexibility index (Phi) is 5.30. The molecule has 6 nitrogen and oxygen atoms in total. The van der Waals surface area contributed by atoms with Crippen LogP contribution in [0.25, 0.3) is 5.69 Å². The van der Waals surface area contributed by atoms with Crippen molar-refractivity contribution in [2.75, 3.05) is 11.1 Å². The van der Waals surface area contributed by atoms with Crippen molar-refractivity contribution in [3.63, 3.8) is 0 Å². The zero-order chi connectivity index (χ0) is 17.8. The Balaban J connectivity index is 1.65. The van der Waals surface area contributed by atoms with Gasteiger partial charge in [-0.3, -0.25) is 4.79 Å². The highest BCUT2D eigenvalue weighted by atomic mass is 35.5. The van der Waals surface area contributed by atoms with E-state index < -0.39 is 5.82 Å². The van der Waals surface area contributed by atoms with Crippen molar-refractivity contribution in [1.29, 1.82) is 0 Å². The Morgan fingerprint density at radius 1 is 1.28 bits per heavy atom. The van der Waals surface area contributed by atoms with Gasteiger partial charge in [-0.15, -0.1) is 5.10 Å². The molecule has 3 rings (SSSR count). The van der Waals surface area contributed by atoms with Crippen LogP contribution in [0.1, 0.15) is 5.56 Å². The molecule has 1 aromatic heterocycles.